The van der Waals surface area contributed by atoms with E-state index < -0.39 is 0 Å². The Morgan fingerprint density at radius 2 is 0.962 bits per heavy atom. The van der Waals surface area contributed by atoms with Gasteiger partial charge < -0.3 is 0 Å². The lowest BCUT2D eigenvalue weighted by Crippen LogP contribution is -2.03. The summed E-state index contributed by atoms with van der Waals surface area (Å²) in [6.45, 7) is 0. The second-order valence-corrected chi connectivity index (χ2v) is 14.2. The number of rotatable bonds is 3. The van der Waals surface area contributed by atoms with E-state index in [1.807, 2.05) is 0 Å². The number of hydrogen-bond donors (Lipinski definition) is 0. The molecular formula is C50H29N3. The van der Waals surface area contributed by atoms with Crippen molar-refractivity contribution >= 4 is 65.0 Å². The van der Waals surface area contributed by atoms with Gasteiger partial charge in [-0.1, -0.05) is 146 Å². The van der Waals surface area contributed by atoms with E-state index in [4.69, 9.17) is 9.97 Å². The Labute approximate surface area is 305 Å². The maximum atomic E-state index is 5.48. The van der Waals surface area contributed by atoms with Crippen LogP contribution < -0.4 is 0 Å². The highest BCUT2D eigenvalue weighted by molar-refractivity contribution is 6.30. The van der Waals surface area contributed by atoms with Crippen molar-refractivity contribution in [2.75, 3.05) is 0 Å². The highest BCUT2D eigenvalue weighted by Crippen LogP contribution is 2.51. The summed E-state index contributed by atoms with van der Waals surface area (Å²) < 4.78 is 2.31. The first-order chi connectivity index (χ1) is 26.3. The van der Waals surface area contributed by atoms with Gasteiger partial charge in [0.1, 0.15) is 0 Å². The maximum Gasteiger partial charge on any atom is 0.235 e. The molecule has 11 aromatic rings. The third-order valence-corrected chi connectivity index (χ3v) is 11.3. The smallest absolute Gasteiger partial charge is 0.235 e. The molecule has 0 radical (unpaired) electrons. The SMILES string of the molecule is c1ccc2c(c1)-c1cccc3c1c-2cc1c3c2cc3ccccc3cc2n1-c1nc(-c2ccc(-c3ccc4ccccc4c3)cc2)c2ccccc2n1. The van der Waals surface area contributed by atoms with Crippen molar-refractivity contribution in [1.29, 1.82) is 0 Å². The van der Waals surface area contributed by atoms with Crippen LogP contribution in [0, 0.1) is 0 Å². The molecule has 0 bridgehead atoms. The van der Waals surface area contributed by atoms with Crippen LogP contribution in [0.15, 0.2) is 176 Å². The zero-order valence-corrected chi connectivity index (χ0v) is 28.6. The van der Waals surface area contributed by atoms with Crippen LogP contribution in [0.3, 0.4) is 0 Å². The molecule has 1 aliphatic rings. The van der Waals surface area contributed by atoms with Crippen LogP contribution in [0.2, 0.25) is 0 Å². The van der Waals surface area contributed by atoms with E-state index in [-0.39, 0.29) is 0 Å². The van der Waals surface area contributed by atoms with Crippen LogP contribution >= 0.6 is 0 Å². The first kappa shape index (κ1) is 28.6. The van der Waals surface area contributed by atoms with Gasteiger partial charge in [-0.3, -0.25) is 4.57 Å². The minimum absolute atomic E-state index is 0.668. The van der Waals surface area contributed by atoms with Gasteiger partial charge in [0.25, 0.3) is 0 Å². The second-order valence-electron chi connectivity index (χ2n) is 14.2. The standard InChI is InChI=1S/C50H29N3/c1-2-11-33-26-36(25-22-30(33)10-1)31-20-23-32(24-21-31)49-40-16-7-8-19-44(40)51-50(52-49)53-45-28-35-13-4-3-12-34(35)27-43(45)48-41-18-9-17-39-37-14-5-6-15-38(37)42(47(39)41)29-46(48)53/h1-29H. The van der Waals surface area contributed by atoms with Crippen molar-refractivity contribution in [3.8, 4) is 50.6 Å². The van der Waals surface area contributed by atoms with Gasteiger partial charge in [0.15, 0.2) is 0 Å². The molecule has 3 heteroatoms. The van der Waals surface area contributed by atoms with Gasteiger partial charge in [0, 0.05) is 21.7 Å². The van der Waals surface area contributed by atoms with Crippen molar-refractivity contribution in [3.63, 3.8) is 0 Å². The summed E-state index contributed by atoms with van der Waals surface area (Å²) in [4.78, 5) is 10.8. The molecule has 0 atom stereocenters. The fraction of sp³-hybridized carbons (Fsp3) is 0. The average Bonchev–Trinajstić information content (AvgIpc) is 3.72. The topological polar surface area (TPSA) is 30.7 Å². The van der Waals surface area contributed by atoms with E-state index in [1.165, 1.54) is 76.5 Å². The molecule has 53 heavy (non-hydrogen) atoms. The van der Waals surface area contributed by atoms with E-state index in [0.717, 1.165) is 33.2 Å². The Hall–Kier alpha value is -7.10. The third kappa shape index (κ3) is 4.10. The van der Waals surface area contributed by atoms with Crippen LogP contribution in [-0.4, -0.2) is 14.5 Å². The van der Waals surface area contributed by atoms with Gasteiger partial charge in [-0.25, -0.2) is 9.97 Å². The molecule has 9 aromatic carbocycles. The number of hydrogen-bond acceptors (Lipinski definition) is 2. The molecule has 1 aliphatic carbocycles. The lowest BCUT2D eigenvalue weighted by molar-refractivity contribution is 1.01. The van der Waals surface area contributed by atoms with E-state index in [0.29, 0.717) is 5.95 Å². The summed E-state index contributed by atoms with van der Waals surface area (Å²) in [7, 11) is 0. The molecule has 12 rings (SSSR count). The minimum atomic E-state index is 0.668. The van der Waals surface area contributed by atoms with Gasteiger partial charge in [0.05, 0.1) is 22.2 Å². The quantitative estimate of drug-likeness (QED) is 0.187. The van der Waals surface area contributed by atoms with Crippen LogP contribution in [0.5, 0.6) is 0 Å². The summed E-state index contributed by atoms with van der Waals surface area (Å²) in [6, 6.07) is 63.7. The van der Waals surface area contributed by atoms with Crippen LogP contribution in [0.4, 0.5) is 0 Å². The molecule has 2 aromatic heterocycles. The van der Waals surface area contributed by atoms with Gasteiger partial charge in [-0.05, 0) is 96.0 Å². The lowest BCUT2D eigenvalue weighted by atomic mass is 9.97. The Kier molecular flexibility index (Phi) is 5.77. The van der Waals surface area contributed by atoms with Crippen molar-refractivity contribution in [2.45, 2.75) is 0 Å². The predicted octanol–water partition coefficient (Wildman–Crippen LogP) is 13.2. The number of fused-ring (bicyclic) bond motifs is 10. The van der Waals surface area contributed by atoms with Crippen LogP contribution in [-0.2, 0) is 0 Å². The highest BCUT2D eigenvalue weighted by atomic mass is 15.2. The number of aromatic nitrogens is 3. The zero-order chi connectivity index (χ0) is 34.6. The molecule has 0 amide bonds. The molecule has 0 N–H and O–H groups in total. The Morgan fingerprint density at radius 1 is 0.340 bits per heavy atom. The van der Waals surface area contributed by atoms with Gasteiger partial charge in [-0.15, -0.1) is 0 Å². The third-order valence-electron chi connectivity index (χ3n) is 11.3. The summed E-state index contributed by atoms with van der Waals surface area (Å²) in [5.74, 6) is 0.668. The largest absolute Gasteiger partial charge is 0.278 e. The van der Waals surface area contributed by atoms with Gasteiger partial charge in [0.2, 0.25) is 5.95 Å². The fourth-order valence-corrected chi connectivity index (χ4v) is 8.85. The Balaban J connectivity index is 1.13. The molecular weight excluding hydrogens is 643 g/mol. The first-order valence-corrected chi connectivity index (χ1v) is 18.2. The van der Waals surface area contributed by atoms with Crippen LogP contribution in [0.25, 0.3) is 116 Å². The highest BCUT2D eigenvalue weighted by Gasteiger charge is 2.26. The van der Waals surface area contributed by atoms with Crippen LogP contribution in [0.1, 0.15) is 0 Å². The monoisotopic (exact) mass is 671 g/mol. The zero-order valence-electron chi connectivity index (χ0n) is 28.6. The molecule has 244 valence electrons. The van der Waals surface area contributed by atoms with Crippen molar-refractivity contribution in [3.05, 3.63) is 176 Å². The number of nitrogens with zero attached hydrogens (tertiary/aromatic N) is 3. The molecule has 0 saturated carbocycles. The van der Waals surface area contributed by atoms with Crippen molar-refractivity contribution in [1.82, 2.24) is 14.5 Å². The molecule has 0 fully saturated rings. The molecule has 3 nitrogen and oxygen atoms in total. The van der Waals surface area contributed by atoms with E-state index in [1.54, 1.807) is 0 Å². The Bertz CT molecular complexity index is 3330. The number of para-hydroxylation sites is 1. The second kappa shape index (κ2) is 10.7. The summed E-state index contributed by atoms with van der Waals surface area (Å²) in [6.07, 6.45) is 0. The van der Waals surface area contributed by atoms with E-state index in [2.05, 4.69) is 180 Å². The fourth-order valence-electron chi connectivity index (χ4n) is 8.85. The predicted molar refractivity (Wildman–Crippen MR) is 222 cm³/mol. The van der Waals surface area contributed by atoms with E-state index >= 15 is 0 Å². The van der Waals surface area contributed by atoms with Crippen molar-refractivity contribution < 1.29 is 0 Å². The molecule has 0 saturated heterocycles. The van der Waals surface area contributed by atoms with Gasteiger partial charge in [-0.2, -0.15) is 0 Å². The van der Waals surface area contributed by atoms with Gasteiger partial charge >= 0.3 is 0 Å². The lowest BCUT2D eigenvalue weighted by Gasteiger charge is -2.13. The number of benzene rings is 9. The summed E-state index contributed by atoms with van der Waals surface area (Å²) in [5.41, 5.74) is 12.6. The molecule has 0 spiro atoms. The molecule has 0 aliphatic heterocycles. The molecule has 2 heterocycles. The minimum Gasteiger partial charge on any atom is -0.278 e. The normalized spacial score (nSPS) is 12.2. The van der Waals surface area contributed by atoms with Crippen molar-refractivity contribution in [2.24, 2.45) is 0 Å². The Morgan fingerprint density at radius 3 is 1.79 bits per heavy atom. The first-order valence-electron chi connectivity index (χ1n) is 18.2. The molecule has 0 unspecified atom stereocenters. The maximum absolute atomic E-state index is 5.48. The average molecular weight is 672 g/mol. The summed E-state index contributed by atoms with van der Waals surface area (Å²) >= 11 is 0. The van der Waals surface area contributed by atoms with E-state index in [9.17, 15) is 0 Å². The summed E-state index contributed by atoms with van der Waals surface area (Å²) in [5, 5.41) is 10.9.